The van der Waals surface area contributed by atoms with Gasteiger partial charge in [0, 0.05) is 19.0 Å². The molecule has 1 aliphatic carbocycles. The van der Waals surface area contributed by atoms with Crippen molar-refractivity contribution in [1.29, 1.82) is 5.41 Å². The van der Waals surface area contributed by atoms with Gasteiger partial charge in [-0.05, 0) is 24.8 Å². The molecule has 0 aliphatic heterocycles. The fourth-order valence-electron chi connectivity index (χ4n) is 2.10. The van der Waals surface area contributed by atoms with Crippen LogP contribution < -0.4 is 5.32 Å². The molecule has 2 heteroatoms. The summed E-state index contributed by atoms with van der Waals surface area (Å²) in [6.45, 7) is 0. The third kappa shape index (κ3) is 3.21. The molecular weight excluding hydrogens is 160 g/mol. The number of allylic oxidation sites excluding steroid dienone is 2. The van der Waals surface area contributed by atoms with Crippen LogP contribution in [0.1, 0.15) is 38.5 Å². The molecule has 1 fully saturated rings. The lowest BCUT2D eigenvalue weighted by atomic mass is 9.96. The van der Waals surface area contributed by atoms with Crippen LogP contribution in [0.2, 0.25) is 0 Å². The largest absolute Gasteiger partial charge is 0.391 e. The Labute approximate surface area is 80.9 Å². The van der Waals surface area contributed by atoms with Crippen LogP contribution in [-0.2, 0) is 0 Å². The van der Waals surface area contributed by atoms with Crippen LogP contribution in [0.15, 0.2) is 11.8 Å². The molecule has 0 bridgehead atoms. The summed E-state index contributed by atoms with van der Waals surface area (Å²) in [5.41, 5.74) is 1.25. The molecule has 0 saturated heterocycles. The molecule has 2 nitrogen and oxygen atoms in total. The lowest BCUT2D eigenvalue weighted by Gasteiger charge is -2.17. The van der Waals surface area contributed by atoms with E-state index in [1.54, 1.807) is 0 Å². The van der Waals surface area contributed by atoms with Gasteiger partial charge >= 0.3 is 0 Å². The number of nitrogens with one attached hydrogen (secondary N) is 2. The summed E-state index contributed by atoms with van der Waals surface area (Å²) in [5.74, 6) is 0.675. The molecule has 0 spiro atoms. The lowest BCUT2D eigenvalue weighted by molar-refractivity contribution is 0.506. The minimum Gasteiger partial charge on any atom is -0.391 e. The van der Waals surface area contributed by atoms with E-state index < -0.39 is 0 Å². The smallest absolute Gasteiger partial charge is 0.0195 e. The van der Waals surface area contributed by atoms with Crippen molar-refractivity contribution in [2.45, 2.75) is 38.5 Å². The van der Waals surface area contributed by atoms with Gasteiger partial charge in [-0.3, -0.25) is 0 Å². The second kappa shape index (κ2) is 5.79. The highest BCUT2D eigenvalue weighted by atomic mass is 14.8. The van der Waals surface area contributed by atoms with Crippen LogP contribution in [0.3, 0.4) is 0 Å². The molecule has 74 valence electrons. The van der Waals surface area contributed by atoms with E-state index in [9.17, 15) is 0 Å². The molecule has 0 atom stereocenters. The second-order valence-corrected chi connectivity index (χ2v) is 3.73. The Balaban J connectivity index is 2.55. The zero-order valence-corrected chi connectivity index (χ0v) is 8.47. The molecule has 0 aromatic heterocycles. The molecule has 0 amide bonds. The Morgan fingerprint density at radius 3 is 2.31 bits per heavy atom. The summed E-state index contributed by atoms with van der Waals surface area (Å²) in [4.78, 5) is 0. The maximum atomic E-state index is 7.07. The van der Waals surface area contributed by atoms with E-state index in [4.69, 9.17) is 5.41 Å². The number of rotatable bonds is 3. The van der Waals surface area contributed by atoms with Gasteiger partial charge in [0.15, 0.2) is 0 Å². The first-order valence-electron chi connectivity index (χ1n) is 5.27. The molecule has 0 radical (unpaired) electrons. The maximum absolute atomic E-state index is 7.07. The number of hydrogen-bond donors (Lipinski definition) is 2. The summed E-state index contributed by atoms with van der Waals surface area (Å²) in [7, 11) is 1.96. The standard InChI is InChI=1S/C11H20N2/c1-13-11(8-9-12)10-6-4-2-3-5-7-10/h8-10,12-13H,2-7H2,1H3/b11-8-,12-9?. The summed E-state index contributed by atoms with van der Waals surface area (Å²) in [6, 6.07) is 0. The summed E-state index contributed by atoms with van der Waals surface area (Å²) in [5, 5.41) is 10.3. The van der Waals surface area contributed by atoms with Crippen molar-refractivity contribution >= 4 is 6.21 Å². The Hall–Kier alpha value is -0.790. The highest BCUT2D eigenvalue weighted by molar-refractivity contribution is 5.68. The van der Waals surface area contributed by atoms with Crippen LogP contribution in [0, 0.1) is 11.3 Å². The van der Waals surface area contributed by atoms with E-state index in [1.807, 2.05) is 13.1 Å². The van der Waals surface area contributed by atoms with Crippen LogP contribution in [0.5, 0.6) is 0 Å². The first-order valence-corrected chi connectivity index (χ1v) is 5.27. The van der Waals surface area contributed by atoms with E-state index in [2.05, 4.69) is 5.32 Å². The predicted octanol–water partition coefficient (Wildman–Crippen LogP) is 2.71. The maximum Gasteiger partial charge on any atom is 0.0195 e. The Morgan fingerprint density at radius 1 is 1.23 bits per heavy atom. The van der Waals surface area contributed by atoms with Gasteiger partial charge in [-0.25, -0.2) is 0 Å². The zero-order chi connectivity index (χ0) is 9.52. The second-order valence-electron chi connectivity index (χ2n) is 3.73. The first-order chi connectivity index (χ1) is 6.38. The Kier molecular flexibility index (Phi) is 4.58. The molecule has 1 aliphatic rings. The molecule has 0 heterocycles. The van der Waals surface area contributed by atoms with Crippen molar-refractivity contribution in [3.05, 3.63) is 11.8 Å². The average molecular weight is 180 g/mol. The monoisotopic (exact) mass is 180 g/mol. The predicted molar refractivity (Wildman–Crippen MR) is 57.1 cm³/mol. The van der Waals surface area contributed by atoms with E-state index in [-0.39, 0.29) is 0 Å². The topological polar surface area (TPSA) is 35.9 Å². The minimum absolute atomic E-state index is 0.675. The SMILES string of the molecule is CN/C(=C\C=N)C1CCCCCC1. The molecule has 2 N–H and O–H groups in total. The Morgan fingerprint density at radius 2 is 1.85 bits per heavy atom. The zero-order valence-electron chi connectivity index (χ0n) is 8.47. The van der Waals surface area contributed by atoms with Crippen LogP contribution in [-0.4, -0.2) is 13.3 Å². The molecule has 0 aromatic rings. The van der Waals surface area contributed by atoms with E-state index in [0.717, 1.165) is 0 Å². The molecule has 1 saturated carbocycles. The highest BCUT2D eigenvalue weighted by Crippen LogP contribution is 2.26. The van der Waals surface area contributed by atoms with E-state index in [0.29, 0.717) is 5.92 Å². The van der Waals surface area contributed by atoms with Gasteiger partial charge in [0.25, 0.3) is 0 Å². The highest BCUT2D eigenvalue weighted by Gasteiger charge is 2.14. The van der Waals surface area contributed by atoms with Gasteiger partial charge in [0.2, 0.25) is 0 Å². The van der Waals surface area contributed by atoms with E-state index >= 15 is 0 Å². The van der Waals surface area contributed by atoms with Gasteiger partial charge in [0.1, 0.15) is 0 Å². The van der Waals surface area contributed by atoms with Crippen molar-refractivity contribution in [1.82, 2.24) is 5.32 Å². The van der Waals surface area contributed by atoms with Gasteiger partial charge in [0.05, 0.1) is 0 Å². The molecule has 13 heavy (non-hydrogen) atoms. The van der Waals surface area contributed by atoms with Crippen molar-refractivity contribution in [2.75, 3.05) is 7.05 Å². The van der Waals surface area contributed by atoms with Crippen molar-refractivity contribution < 1.29 is 0 Å². The normalized spacial score (nSPS) is 20.8. The summed E-state index contributed by atoms with van der Waals surface area (Å²) in [6.07, 6.45) is 11.3. The lowest BCUT2D eigenvalue weighted by Crippen LogP contribution is -2.16. The fraction of sp³-hybridized carbons (Fsp3) is 0.727. The van der Waals surface area contributed by atoms with Crippen LogP contribution in [0.4, 0.5) is 0 Å². The van der Waals surface area contributed by atoms with E-state index in [1.165, 1.54) is 50.4 Å². The van der Waals surface area contributed by atoms with Gasteiger partial charge in [-0.2, -0.15) is 0 Å². The molecule has 0 aromatic carbocycles. The Bertz CT molecular complexity index is 177. The van der Waals surface area contributed by atoms with Crippen molar-refractivity contribution in [2.24, 2.45) is 5.92 Å². The first kappa shape index (κ1) is 10.3. The molecule has 1 rings (SSSR count). The third-order valence-corrected chi connectivity index (χ3v) is 2.85. The third-order valence-electron chi connectivity index (χ3n) is 2.85. The van der Waals surface area contributed by atoms with Crippen molar-refractivity contribution in [3.63, 3.8) is 0 Å². The average Bonchev–Trinajstić information content (AvgIpc) is 2.42. The number of hydrogen-bond acceptors (Lipinski definition) is 2. The quantitative estimate of drug-likeness (QED) is 0.508. The minimum atomic E-state index is 0.675. The fourth-order valence-corrected chi connectivity index (χ4v) is 2.10. The van der Waals surface area contributed by atoms with Gasteiger partial charge in [-0.15, -0.1) is 0 Å². The summed E-state index contributed by atoms with van der Waals surface area (Å²) >= 11 is 0. The van der Waals surface area contributed by atoms with Crippen LogP contribution in [0.25, 0.3) is 0 Å². The van der Waals surface area contributed by atoms with Crippen LogP contribution >= 0.6 is 0 Å². The molecule has 0 unspecified atom stereocenters. The van der Waals surface area contributed by atoms with Crippen molar-refractivity contribution in [3.8, 4) is 0 Å². The van der Waals surface area contributed by atoms with Gasteiger partial charge in [-0.1, -0.05) is 25.7 Å². The molecular formula is C11H20N2. The van der Waals surface area contributed by atoms with Gasteiger partial charge < -0.3 is 10.7 Å². The summed E-state index contributed by atoms with van der Waals surface area (Å²) < 4.78 is 0.